The summed E-state index contributed by atoms with van der Waals surface area (Å²) < 4.78 is 5.12. The highest BCUT2D eigenvalue weighted by molar-refractivity contribution is 6.03. The Morgan fingerprint density at radius 1 is 0.853 bits per heavy atom. The van der Waals surface area contributed by atoms with Crippen molar-refractivity contribution in [1.82, 2.24) is 10.3 Å². The fourth-order valence-corrected chi connectivity index (χ4v) is 4.11. The van der Waals surface area contributed by atoms with E-state index < -0.39 is 0 Å². The predicted molar refractivity (Wildman–Crippen MR) is 132 cm³/mol. The molecule has 0 bridgehead atoms. The van der Waals surface area contributed by atoms with Gasteiger partial charge in [-0.25, -0.2) is 0 Å². The number of hydrogen-bond donors (Lipinski definition) is 3. The van der Waals surface area contributed by atoms with E-state index in [1.165, 1.54) is 6.26 Å². The highest BCUT2D eigenvalue weighted by Crippen LogP contribution is 2.30. The lowest BCUT2D eigenvalue weighted by Crippen LogP contribution is -2.29. The van der Waals surface area contributed by atoms with E-state index in [1.807, 2.05) is 42.6 Å². The Hall–Kier alpha value is -4.58. The molecule has 0 radical (unpaired) electrons. The van der Waals surface area contributed by atoms with Crippen LogP contribution in [-0.4, -0.2) is 23.3 Å². The van der Waals surface area contributed by atoms with Crippen LogP contribution in [0.25, 0.3) is 10.9 Å². The zero-order valence-corrected chi connectivity index (χ0v) is 18.3. The number of rotatable bonds is 7. The van der Waals surface area contributed by atoms with Crippen molar-refractivity contribution >= 4 is 28.4 Å². The largest absolute Gasteiger partial charge is 0.459 e. The molecule has 168 valence electrons. The van der Waals surface area contributed by atoms with Crippen LogP contribution < -0.4 is 10.6 Å². The van der Waals surface area contributed by atoms with Gasteiger partial charge in [-0.1, -0.05) is 54.6 Å². The number of fused-ring (bicyclic) bond motifs is 1. The summed E-state index contributed by atoms with van der Waals surface area (Å²) in [5.41, 5.74) is 4.28. The first-order valence-corrected chi connectivity index (χ1v) is 11.0. The molecule has 0 spiro atoms. The van der Waals surface area contributed by atoms with E-state index >= 15 is 0 Å². The van der Waals surface area contributed by atoms with Crippen LogP contribution >= 0.6 is 0 Å². The molecule has 3 N–H and O–H groups in total. The van der Waals surface area contributed by atoms with Crippen LogP contribution in [0.15, 0.2) is 108 Å². The van der Waals surface area contributed by atoms with Crippen molar-refractivity contribution in [2.75, 3.05) is 11.9 Å². The summed E-state index contributed by atoms with van der Waals surface area (Å²) in [5.74, 6) is -0.400. The fourth-order valence-electron chi connectivity index (χ4n) is 4.11. The average Bonchev–Trinajstić information content (AvgIpc) is 3.56. The molecule has 34 heavy (non-hydrogen) atoms. The Morgan fingerprint density at radius 3 is 2.50 bits per heavy atom. The van der Waals surface area contributed by atoms with Crippen LogP contribution in [0.5, 0.6) is 0 Å². The molecule has 0 fully saturated rings. The third-order valence-corrected chi connectivity index (χ3v) is 5.79. The maximum Gasteiger partial charge on any atom is 0.291 e. The van der Waals surface area contributed by atoms with E-state index in [-0.39, 0.29) is 23.5 Å². The van der Waals surface area contributed by atoms with Crippen LogP contribution in [0.3, 0.4) is 0 Å². The Labute approximate surface area is 196 Å². The van der Waals surface area contributed by atoms with Gasteiger partial charge in [-0.3, -0.25) is 9.59 Å². The average molecular weight is 450 g/mol. The first-order chi connectivity index (χ1) is 16.7. The third kappa shape index (κ3) is 4.47. The zero-order valence-electron chi connectivity index (χ0n) is 18.3. The number of para-hydroxylation sites is 1. The van der Waals surface area contributed by atoms with Crippen LogP contribution in [0, 0.1) is 0 Å². The predicted octanol–water partition coefficient (Wildman–Crippen LogP) is 5.58. The monoisotopic (exact) mass is 449 g/mol. The summed E-state index contributed by atoms with van der Waals surface area (Å²) in [4.78, 5) is 28.6. The Bertz CT molecular complexity index is 1420. The lowest BCUT2D eigenvalue weighted by atomic mass is 9.91. The maximum atomic E-state index is 13.0. The minimum absolute atomic E-state index is 0.0249. The molecule has 0 aliphatic carbocycles. The highest BCUT2D eigenvalue weighted by Gasteiger charge is 2.19. The Morgan fingerprint density at radius 2 is 1.68 bits per heavy atom. The van der Waals surface area contributed by atoms with E-state index in [4.69, 9.17) is 4.42 Å². The molecule has 6 heteroatoms. The minimum Gasteiger partial charge on any atom is -0.459 e. The molecule has 2 aromatic heterocycles. The van der Waals surface area contributed by atoms with Gasteiger partial charge in [0, 0.05) is 40.8 Å². The molecule has 5 aromatic rings. The fraction of sp³-hybridized carbons (Fsp3) is 0.0714. The van der Waals surface area contributed by atoms with Gasteiger partial charge in [-0.2, -0.15) is 0 Å². The SMILES string of the molecule is O=C(NCC(c1ccccc1)c1c[nH]c2ccccc12)c1cccc(NC(=O)c2ccco2)c1. The summed E-state index contributed by atoms with van der Waals surface area (Å²) in [6, 6.07) is 28.4. The molecule has 1 atom stereocenters. The summed E-state index contributed by atoms with van der Waals surface area (Å²) in [5, 5.41) is 6.96. The van der Waals surface area contributed by atoms with E-state index in [0.717, 1.165) is 22.0 Å². The third-order valence-electron chi connectivity index (χ3n) is 5.79. The normalized spacial score (nSPS) is 11.8. The maximum absolute atomic E-state index is 13.0. The molecular weight excluding hydrogens is 426 g/mol. The smallest absolute Gasteiger partial charge is 0.291 e. The van der Waals surface area contributed by atoms with Crippen LogP contribution in [0.2, 0.25) is 0 Å². The van der Waals surface area contributed by atoms with Crippen molar-refractivity contribution in [2.24, 2.45) is 0 Å². The molecule has 5 rings (SSSR count). The topological polar surface area (TPSA) is 87.1 Å². The van der Waals surface area contributed by atoms with Gasteiger partial charge in [-0.05, 0) is 47.5 Å². The number of aromatic nitrogens is 1. The summed E-state index contributed by atoms with van der Waals surface area (Å²) in [6.45, 7) is 0.424. The van der Waals surface area contributed by atoms with Crippen molar-refractivity contribution < 1.29 is 14.0 Å². The summed E-state index contributed by atoms with van der Waals surface area (Å²) >= 11 is 0. The number of carbonyl (C=O) groups excluding carboxylic acids is 2. The van der Waals surface area contributed by atoms with Crippen molar-refractivity contribution in [3.05, 3.63) is 126 Å². The van der Waals surface area contributed by atoms with Gasteiger partial charge in [0.1, 0.15) is 0 Å². The molecule has 0 aliphatic heterocycles. The highest BCUT2D eigenvalue weighted by atomic mass is 16.3. The van der Waals surface area contributed by atoms with E-state index in [9.17, 15) is 9.59 Å². The lowest BCUT2D eigenvalue weighted by molar-refractivity contribution is 0.0950. The second-order valence-electron chi connectivity index (χ2n) is 7.98. The molecule has 0 aliphatic rings. The molecule has 2 heterocycles. The number of benzene rings is 3. The van der Waals surface area contributed by atoms with Crippen LogP contribution in [0.1, 0.15) is 38.0 Å². The van der Waals surface area contributed by atoms with Gasteiger partial charge in [0.25, 0.3) is 11.8 Å². The molecule has 1 unspecified atom stereocenters. The van der Waals surface area contributed by atoms with Crippen LogP contribution in [0.4, 0.5) is 5.69 Å². The quantitative estimate of drug-likeness (QED) is 0.303. The minimum atomic E-state index is -0.369. The van der Waals surface area contributed by atoms with Gasteiger partial charge in [0.05, 0.1) is 6.26 Å². The Balaban J connectivity index is 1.35. The van der Waals surface area contributed by atoms with E-state index in [2.05, 4.69) is 33.8 Å². The molecular formula is C28H23N3O3. The molecule has 2 amide bonds. The number of H-pyrrole nitrogens is 1. The summed E-state index contributed by atoms with van der Waals surface area (Å²) in [7, 11) is 0. The molecule has 0 saturated carbocycles. The van der Waals surface area contributed by atoms with Crippen molar-refractivity contribution in [1.29, 1.82) is 0 Å². The van der Waals surface area contributed by atoms with Gasteiger partial charge in [0.15, 0.2) is 5.76 Å². The van der Waals surface area contributed by atoms with Crippen molar-refractivity contribution in [3.63, 3.8) is 0 Å². The first-order valence-electron chi connectivity index (χ1n) is 11.0. The summed E-state index contributed by atoms with van der Waals surface area (Å²) in [6.07, 6.45) is 3.45. The number of aromatic amines is 1. The van der Waals surface area contributed by atoms with Gasteiger partial charge >= 0.3 is 0 Å². The number of hydrogen-bond acceptors (Lipinski definition) is 3. The number of anilines is 1. The van der Waals surface area contributed by atoms with Gasteiger partial charge in [0.2, 0.25) is 0 Å². The van der Waals surface area contributed by atoms with Gasteiger partial charge < -0.3 is 20.0 Å². The van der Waals surface area contributed by atoms with E-state index in [0.29, 0.717) is 17.8 Å². The molecule has 3 aromatic carbocycles. The number of amides is 2. The second-order valence-corrected chi connectivity index (χ2v) is 7.98. The number of carbonyl (C=O) groups is 2. The first kappa shape index (κ1) is 21.3. The second kappa shape index (κ2) is 9.50. The standard InChI is InChI=1S/C28H23N3O3/c32-27(20-10-6-11-21(16-20)31-28(33)26-14-7-15-34-26)30-17-23(19-8-2-1-3-9-19)24-18-29-25-13-5-4-12-22(24)25/h1-16,18,23,29H,17H2,(H,30,32)(H,31,33). The number of nitrogens with one attached hydrogen (secondary N) is 3. The molecule has 6 nitrogen and oxygen atoms in total. The van der Waals surface area contributed by atoms with Crippen molar-refractivity contribution in [3.8, 4) is 0 Å². The van der Waals surface area contributed by atoms with Gasteiger partial charge in [-0.15, -0.1) is 0 Å². The lowest BCUT2D eigenvalue weighted by Gasteiger charge is -2.18. The van der Waals surface area contributed by atoms with E-state index in [1.54, 1.807) is 36.4 Å². The Kier molecular flexibility index (Phi) is 5.95. The zero-order chi connectivity index (χ0) is 23.3. The molecule has 0 saturated heterocycles. The van der Waals surface area contributed by atoms with Crippen LogP contribution in [-0.2, 0) is 0 Å². The van der Waals surface area contributed by atoms with Crippen molar-refractivity contribution in [2.45, 2.75) is 5.92 Å². The number of furan rings is 1.